The van der Waals surface area contributed by atoms with Crippen LogP contribution in [-0.2, 0) is 10.8 Å². The van der Waals surface area contributed by atoms with Gasteiger partial charge in [0.15, 0.2) is 0 Å². The van der Waals surface area contributed by atoms with Crippen LogP contribution in [0.15, 0.2) is 182 Å². The summed E-state index contributed by atoms with van der Waals surface area (Å²) in [6, 6.07) is 69.4. The summed E-state index contributed by atoms with van der Waals surface area (Å²) in [4.78, 5) is 0. The van der Waals surface area contributed by atoms with Crippen molar-refractivity contribution >= 4 is 32.3 Å². The maximum absolute atomic E-state index is 2.51. The summed E-state index contributed by atoms with van der Waals surface area (Å²) in [5.74, 6) is 0. The van der Waals surface area contributed by atoms with Gasteiger partial charge in [0.25, 0.3) is 0 Å². The lowest BCUT2D eigenvalue weighted by atomic mass is 9.79. The van der Waals surface area contributed by atoms with Crippen molar-refractivity contribution in [1.29, 1.82) is 0 Å². The predicted molar refractivity (Wildman–Crippen MR) is 255 cm³/mol. The standard InChI is InChI=1S/C60H42/c1-59(2)52-22-11-9-16-40(52)42-27-24-36(33-54(42)59)35-25-29-50-51(32-35)56(37-26-28-43-41-17-10-12-23-53(41)60(3,4)55(43)34-37)45-18-7-8-19-46(45)58(50)49-31-30-48-39-15-6-5-14-38(39)44-20-13-21-47(49)57(44)48/h5-34H,1-4H3. The first kappa shape index (κ1) is 33.9. The first-order valence-electron chi connectivity index (χ1n) is 21.4. The van der Waals surface area contributed by atoms with Crippen molar-refractivity contribution in [2.24, 2.45) is 0 Å². The van der Waals surface area contributed by atoms with Crippen LogP contribution in [-0.4, -0.2) is 0 Å². The molecule has 0 heteroatoms. The Morgan fingerprint density at radius 2 is 0.667 bits per heavy atom. The molecule has 0 N–H and O–H groups in total. The van der Waals surface area contributed by atoms with E-state index >= 15 is 0 Å². The lowest BCUT2D eigenvalue weighted by molar-refractivity contribution is 0.660. The van der Waals surface area contributed by atoms with Gasteiger partial charge >= 0.3 is 0 Å². The molecule has 0 saturated carbocycles. The highest BCUT2D eigenvalue weighted by atomic mass is 14.4. The minimum absolute atomic E-state index is 0.0719. The summed E-state index contributed by atoms with van der Waals surface area (Å²) < 4.78 is 0. The zero-order valence-electron chi connectivity index (χ0n) is 34.3. The Kier molecular flexibility index (Phi) is 6.67. The molecule has 0 fully saturated rings. The highest BCUT2D eigenvalue weighted by Gasteiger charge is 2.37. The van der Waals surface area contributed by atoms with Gasteiger partial charge < -0.3 is 0 Å². The average Bonchev–Trinajstić information content (AvgIpc) is 3.83. The SMILES string of the molecule is CC1(C)c2ccccc2-c2ccc(-c3ccc4c(-c5ccc6c7c(cccc57)-c5ccccc5-6)c5ccccc5c(-c5ccc6c(c5)C(C)(C)c5ccccc5-6)c4c3)cc21. The molecule has 0 nitrogen and oxygen atoms in total. The van der Waals surface area contributed by atoms with Crippen molar-refractivity contribution in [3.05, 3.63) is 204 Å². The Morgan fingerprint density at radius 1 is 0.250 bits per heavy atom. The first-order chi connectivity index (χ1) is 29.3. The molecule has 0 aliphatic heterocycles. The number of fused-ring (bicyclic) bond motifs is 11. The van der Waals surface area contributed by atoms with E-state index in [0.29, 0.717) is 0 Å². The molecule has 0 saturated heterocycles. The van der Waals surface area contributed by atoms with Gasteiger partial charge in [0.1, 0.15) is 0 Å². The molecule has 3 aliphatic rings. The molecule has 0 unspecified atom stereocenters. The maximum atomic E-state index is 2.51. The van der Waals surface area contributed by atoms with Crippen LogP contribution in [0.5, 0.6) is 0 Å². The zero-order valence-corrected chi connectivity index (χ0v) is 34.3. The molecule has 282 valence electrons. The molecule has 0 amide bonds. The Morgan fingerprint density at radius 3 is 1.33 bits per heavy atom. The summed E-state index contributed by atoms with van der Waals surface area (Å²) in [5, 5.41) is 7.79. The molecule has 0 bridgehead atoms. The average molecular weight is 763 g/mol. The summed E-state index contributed by atoms with van der Waals surface area (Å²) in [7, 11) is 0. The van der Waals surface area contributed by atoms with Crippen LogP contribution in [0, 0.1) is 0 Å². The molecular formula is C60H42. The Bertz CT molecular complexity index is 3510. The molecule has 60 heavy (non-hydrogen) atoms. The van der Waals surface area contributed by atoms with Crippen molar-refractivity contribution in [1.82, 2.24) is 0 Å². The van der Waals surface area contributed by atoms with E-state index in [2.05, 4.69) is 210 Å². The van der Waals surface area contributed by atoms with Crippen LogP contribution in [0.3, 0.4) is 0 Å². The second-order valence-corrected chi connectivity index (χ2v) is 18.4. The number of benzene rings is 10. The van der Waals surface area contributed by atoms with E-state index in [1.807, 2.05) is 0 Å². The van der Waals surface area contributed by atoms with E-state index in [9.17, 15) is 0 Å². The normalized spacial score (nSPS) is 14.6. The summed E-state index contributed by atoms with van der Waals surface area (Å²) in [6.45, 7) is 9.53. The van der Waals surface area contributed by atoms with Gasteiger partial charge in [-0.1, -0.05) is 191 Å². The number of hydrogen-bond acceptors (Lipinski definition) is 0. The molecule has 10 aromatic rings. The molecule has 3 aliphatic carbocycles. The minimum atomic E-state index is -0.102. The van der Waals surface area contributed by atoms with E-state index in [4.69, 9.17) is 0 Å². The van der Waals surface area contributed by atoms with E-state index in [0.717, 1.165) is 0 Å². The van der Waals surface area contributed by atoms with Gasteiger partial charge in [-0.2, -0.15) is 0 Å². The minimum Gasteiger partial charge on any atom is -0.0619 e. The monoisotopic (exact) mass is 762 g/mol. The molecule has 13 rings (SSSR count). The van der Waals surface area contributed by atoms with E-state index in [-0.39, 0.29) is 10.8 Å². The van der Waals surface area contributed by atoms with Crippen LogP contribution in [0.1, 0.15) is 49.9 Å². The fraction of sp³-hybridized carbons (Fsp3) is 0.100. The topological polar surface area (TPSA) is 0 Å². The molecule has 10 aromatic carbocycles. The van der Waals surface area contributed by atoms with Gasteiger partial charge in [0, 0.05) is 10.8 Å². The van der Waals surface area contributed by atoms with Crippen molar-refractivity contribution in [2.75, 3.05) is 0 Å². The van der Waals surface area contributed by atoms with Crippen molar-refractivity contribution in [3.8, 4) is 77.9 Å². The van der Waals surface area contributed by atoms with E-state index < -0.39 is 0 Å². The van der Waals surface area contributed by atoms with Gasteiger partial charge in [0.05, 0.1) is 0 Å². The summed E-state index contributed by atoms with van der Waals surface area (Å²) >= 11 is 0. The van der Waals surface area contributed by atoms with Crippen LogP contribution >= 0.6 is 0 Å². The number of rotatable bonds is 3. The quantitative estimate of drug-likeness (QED) is 0.157. The lowest BCUT2D eigenvalue weighted by Crippen LogP contribution is -2.14. The fourth-order valence-corrected chi connectivity index (χ4v) is 11.7. The fourth-order valence-electron chi connectivity index (χ4n) is 11.7. The lowest BCUT2D eigenvalue weighted by Gasteiger charge is -2.24. The van der Waals surface area contributed by atoms with Crippen molar-refractivity contribution < 1.29 is 0 Å². The first-order valence-corrected chi connectivity index (χ1v) is 21.4. The molecular weight excluding hydrogens is 721 g/mol. The second-order valence-electron chi connectivity index (χ2n) is 18.4. The maximum Gasteiger partial charge on any atom is 0.0159 e. The van der Waals surface area contributed by atoms with Gasteiger partial charge in [-0.25, -0.2) is 0 Å². The van der Waals surface area contributed by atoms with Gasteiger partial charge in [-0.3, -0.25) is 0 Å². The van der Waals surface area contributed by atoms with Crippen LogP contribution in [0.2, 0.25) is 0 Å². The molecule has 0 radical (unpaired) electrons. The molecule has 0 atom stereocenters. The second kappa shape index (κ2) is 11.8. The van der Waals surface area contributed by atoms with Crippen LogP contribution < -0.4 is 0 Å². The molecule has 0 spiro atoms. The molecule has 0 aromatic heterocycles. The van der Waals surface area contributed by atoms with Crippen molar-refractivity contribution in [2.45, 2.75) is 38.5 Å². The summed E-state index contributed by atoms with van der Waals surface area (Å²) in [6.07, 6.45) is 0. The van der Waals surface area contributed by atoms with Gasteiger partial charge in [-0.05, 0) is 151 Å². The highest BCUT2D eigenvalue weighted by Crippen LogP contribution is 2.55. The largest absolute Gasteiger partial charge is 0.0619 e. The highest BCUT2D eigenvalue weighted by molar-refractivity contribution is 6.26. The summed E-state index contributed by atoms with van der Waals surface area (Å²) in [5.41, 5.74) is 23.8. The smallest absolute Gasteiger partial charge is 0.0159 e. The predicted octanol–water partition coefficient (Wildman–Crippen LogP) is 16.4. The Balaban J connectivity index is 1.10. The third-order valence-electron chi connectivity index (χ3n) is 14.6. The Labute approximate surface area is 351 Å². The van der Waals surface area contributed by atoms with Gasteiger partial charge in [-0.15, -0.1) is 0 Å². The third kappa shape index (κ3) is 4.36. The zero-order chi connectivity index (χ0) is 40.1. The van der Waals surface area contributed by atoms with Crippen molar-refractivity contribution in [3.63, 3.8) is 0 Å². The van der Waals surface area contributed by atoms with Crippen LogP contribution in [0.25, 0.3) is 110 Å². The van der Waals surface area contributed by atoms with E-state index in [1.165, 1.54) is 132 Å². The Hall–Kier alpha value is -7.02. The van der Waals surface area contributed by atoms with E-state index in [1.54, 1.807) is 0 Å². The van der Waals surface area contributed by atoms with Gasteiger partial charge in [0.2, 0.25) is 0 Å². The molecule has 0 heterocycles. The third-order valence-corrected chi connectivity index (χ3v) is 14.6. The van der Waals surface area contributed by atoms with Crippen LogP contribution in [0.4, 0.5) is 0 Å². The number of hydrogen-bond donors (Lipinski definition) is 0.